The summed E-state index contributed by atoms with van der Waals surface area (Å²) >= 11 is 1.56. The van der Waals surface area contributed by atoms with Gasteiger partial charge in [-0.05, 0) is 55.9 Å². The lowest BCUT2D eigenvalue weighted by Gasteiger charge is -2.30. The maximum Gasteiger partial charge on any atom is 0.319 e. The highest BCUT2D eigenvalue weighted by Gasteiger charge is 2.44. The first-order valence-electron chi connectivity index (χ1n) is 11.6. The van der Waals surface area contributed by atoms with Crippen LogP contribution in [-0.4, -0.2) is 70.7 Å². The van der Waals surface area contributed by atoms with Gasteiger partial charge in [-0.25, -0.2) is 4.79 Å². The molecule has 2 aromatic rings. The van der Waals surface area contributed by atoms with Gasteiger partial charge in [0.25, 0.3) is 5.91 Å². The molecule has 0 bridgehead atoms. The lowest BCUT2D eigenvalue weighted by Crippen LogP contribution is -2.59. The van der Waals surface area contributed by atoms with Gasteiger partial charge < -0.3 is 30.7 Å². The Morgan fingerprint density at radius 2 is 1.94 bits per heavy atom. The number of piperidine rings is 1. The average Bonchev–Trinajstić information content (AvgIpc) is 3.46. The van der Waals surface area contributed by atoms with E-state index in [-0.39, 0.29) is 11.8 Å². The number of nitrogens with one attached hydrogen (secondary N) is 4. The van der Waals surface area contributed by atoms with E-state index in [2.05, 4.69) is 21.3 Å². The van der Waals surface area contributed by atoms with Crippen LogP contribution in [0.25, 0.3) is 0 Å². The number of carbonyl (C=O) groups excluding carboxylic acids is 4. The second-order valence-corrected chi connectivity index (χ2v) is 9.55. The highest BCUT2D eigenvalue weighted by molar-refractivity contribution is 7.98. The van der Waals surface area contributed by atoms with Crippen molar-refractivity contribution in [2.24, 2.45) is 7.05 Å². The van der Waals surface area contributed by atoms with Gasteiger partial charge in [-0.3, -0.25) is 14.4 Å². The molecule has 0 saturated carbocycles. The Hall–Kier alpha value is -3.47. The highest BCUT2D eigenvalue weighted by atomic mass is 32.2. The molecule has 3 unspecified atom stereocenters. The van der Waals surface area contributed by atoms with E-state index in [0.29, 0.717) is 37.3 Å². The summed E-state index contributed by atoms with van der Waals surface area (Å²) in [7, 11) is 1.76. The van der Waals surface area contributed by atoms with E-state index in [0.717, 1.165) is 11.3 Å². The van der Waals surface area contributed by atoms with Gasteiger partial charge in [0.15, 0.2) is 0 Å². The molecule has 2 saturated heterocycles. The van der Waals surface area contributed by atoms with Gasteiger partial charge in [-0.15, -0.1) is 11.8 Å². The van der Waals surface area contributed by atoms with Crippen molar-refractivity contribution in [2.75, 3.05) is 24.7 Å². The minimum Gasteiger partial charge on any atom is -0.354 e. The Balaban J connectivity index is 1.51. The molecular formula is C24H30N6O4S. The largest absolute Gasteiger partial charge is 0.354 e. The molecule has 0 aliphatic carbocycles. The SMILES string of the molecule is CSc1cccc(NC(=O)NC2CCN(C(=O)c3cccn3C)C2C(=O)NC2CCCNC2=O)c1. The molecule has 4 rings (SSSR count). The van der Waals surface area contributed by atoms with Crippen molar-refractivity contribution in [2.45, 2.75) is 42.3 Å². The second-order valence-electron chi connectivity index (χ2n) is 8.67. The van der Waals surface area contributed by atoms with Gasteiger partial charge in [0.05, 0.1) is 6.04 Å². The van der Waals surface area contributed by atoms with Crippen LogP contribution in [0.2, 0.25) is 0 Å². The zero-order valence-corrected chi connectivity index (χ0v) is 20.6. The van der Waals surface area contributed by atoms with Crippen molar-refractivity contribution in [1.29, 1.82) is 0 Å². The summed E-state index contributed by atoms with van der Waals surface area (Å²) in [6, 6.07) is 8.20. The van der Waals surface area contributed by atoms with E-state index in [9.17, 15) is 19.2 Å². The number of carbonyl (C=O) groups is 4. The maximum atomic E-state index is 13.4. The molecule has 2 aliphatic rings. The minimum absolute atomic E-state index is 0.237. The number of nitrogens with zero attached hydrogens (tertiary/aromatic N) is 2. The topological polar surface area (TPSA) is 125 Å². The zero-order chi connectivity index (χ0) is 24.9. The predicted octanol–water partition coefficient (Wildman–Crippen LogP) is 1.55. The second kappa shape index (κ2) is 10.9. The summed E-state index contributed by atoms with van der Waals surface area (Å²) in [5.41, 5.74) is 1.07. The molecule has 2 fully saturated rings. The Morgan fingerprint density at radius 3 is 2.66 bits per heavy atom. The Labute approximate surface area is 208 Å². The maximum absolute atomic E-state index is 13.4. The van der Waals surface area contributed by atoms with Crippen molar-refractivity contribution in [3.05, 3.63) is 48.3 Å². The first-order valence-corrected chi connectivity index (χ1v) is 12.8. The number of hydrogen-bond donors (Lipinski definition) is 4. The van der Waals surface area contributed by atoms with E-state index in [1.54, 1.807) is 47.8 Å². The number of likely N-dealkylation sites (tertiary alicyclic amines) is 1. The van der Waals surface area contributed by atoms with Crippen LogP contribution in [0.1, 0.15) is 29.8 Å². The van der Waals surface area contributed by atoms with E-state index in [1.807, 2.05) is 24.5 Å². The predicted molar refractivity (Wildman–Crippen MR) is 133 cm³/mol. The molecule has 186 valence electrons. The fraction of sp³-hybridized carbons (Fsp3) is 0.417. The van der Waals surface area contributed by atoms with Crippen molar-refractivity contribution in [3.63, 3.8) is 0 Å². The third kappa shape index (κ3) is 5.61. The molecule has 3 heterocycles. The number of aryl methyl sites for hydroxylation is 1. The molecule has 4 N–H and O–H groups in total. The summed E-state index contributed by atoms with van der Waals surface area (Å²) in [6.45, 7) is 0.876. The van der Waals surface area contributed by atoms with Crippen LogP contribution in [-0.2, 0) is 16.6 Å². The van der Waals surface area contributed by atoms with Crippen LogP contribution < -0.4 is 21.3 Å². The standard InChI is InChI=1S/C24H30N6O4S/c1-29-12-5-9-19(29)23(33)30-13-10-17(20(30)22(32)27-18-8-4-11-25-21(18)31)28-24(34)26-15-6-3-7-16(14-15)35-2/h3,5-7,9,12,14,17-18,20H,4,8,10-11,13H2,1-2H3,(H,25,31)(H,27,32)(H2,26,28,34). The Morgan fingerprint density at radius 1 is 1.11 bits per heavy atom. The first-order chi connectivity index (χ1) is 16.9. The summed E-state index contributed by atoms with van der Waals surface area (Å²) in [5, 5.41) is 11.2. The number of urea groups is 1. The number of benzene rings is 1. The third-order valence-electron chi connectivity index (χ3n) is 6.34. The molecule has 35 heavy (non-hydrogen) atoms. The molecule has 10 nitrogen and oxygen atoms in total. The molecular weight excluding hydrogens is 468 g/mol. The number of amides is 5. The molecule has 0 spiro atoms. The van der Waals surface area contributed by atoms with Gasteiger partial charge in [-0.1, -0.05) is 6.07 Å². The molecule has 3 atom stereocenters. The van der Waals surface area contributed by atoms with Gasteiger partial charge in [-0.2, -0.15) is 0 Å². The van der Waals surface area contributed by atoms with E-state index in [4.69, 9.17) is 0 Å². The van der Waals surface area contributed by atoms with Crippen molar-refractivity contribution >= 4 is 41.2 Å². The van der Waals surface area contributed by atoms with E-state index in [1.165, 1.54) is 4.90 Å². The summed E-state index contributed by atoms with van der Waals surface area (Å²) in [4.78, 5) is 54.2. The number of thioether (sulfide) groups is 1. The molecule has 5 amide bonds. The van der Waals surface area contributed by atoms with Crippen LogP contribution in [0.5, 0.6) is 0 Å². The number of rotatable bonds is 6. The summed E-state index contributed by atoms with van der Waals surface area (Å²) < 4.78 is 1.69. The van der Waals surface area contributed by atoms with Gasteiger partial charge in [0.2, 0.25) is 11.8 Å². The van der Waals surface area contributed by atoms with Crippen molar-refractivity contribution < 1.29 is 19.2 Å². The Bertz CT molecular complexity index is 1120. The minimum atomic E-state index is -0.949. The highest BCUT2D eigenvalue weighted by Crippen LogP contribution is 2.23. The van der Waals surface area contributed by atoms with Gasteiger partial charge >= 0.3 is 6.03 Å². The van der Waals surface area contributed by atoms with Crippen LogP contribution in [0, 0.1) is 0 Å². The van der Waals surface area contributed by atoms with Crippen LogP contribution in [0.3, 0.4) is 0 Å². The normalized spacial score (nSPS) is 21.8. The van der Waals surface area contributed by atoms with Crippen molar-refractivity contribution in [1.82, 2.24) is 25.4 Å². The van der Waals surface area contributed by atoms with E-state index >= 15 is 0 Å². The van der Waals surface area contributed by atoms with Gasteiger partial charge in [0, 0.05) is 36.9 Å². The molecule has 11 heteroatoms. The van der Waals surface area contributed by atoms with Crippen molar-refractivity contribution in [3.8, 4) is 0 Å². The first kappa shape index (κ1) is 24.6. The lowest BCUT2D eigenvalue weighted by atomic mass is 10.0. The smallest absolute Gasteiger partial charge is 0.319 e. The number of hydrogen-bond acceptors (Lipinski definition) is 5. The third-order valence-corrected chi connectivity index (χ3v) is 7.06. The quantitative estimate of drug-likeness (QED) is 0.450. The van der Waals surface area contributed by atoms with Crippen LogP contribution >= 0.6 is 11.8 Å². The molecule has 2 aliphatic heterocycles. The average molecular weight is 499 g/mol. The molecule has 0 radical (unpaired) electrons. The zero-order valence-electron chi connectivity index (χ0n) is 19.7. The molecule has 1 aromatic carbocycles. The van der Waals surface area contributed by atoms with E-state index < -0.39 is 30.1 Å². The monoisotopic (exact) mass is 498 g/mol. The number of anilines is 1. The fourth-order valence-corrected chi connectivity index (χ4v) is 4.99. The summed E-state index contributed by atoms with van der Waals surface area (Å²) in [6.07, 6.45) is 5.40. The number of aromatic nitrogens is 1. The van der Waals surface area contributed by atoms with Gasteiger partial charge in [0.1, 0.15) is 17.8 Å². The molecule has 1 aromatic heterocycles. The summed E-state index contributed by atoms with van der Waals surface area (Å²) in [5.74, 6) is -0.997. The van der Waals surface area contributed by atoms with Crippen LogP contribution in [0.15, 0.2) is 47.5 Å². The fourth-order valence-electron chi connectivity index (χ4n) is 4.53. The lowest BCUT2D eigenvalue weighted by molar-refractivity contribution is -0.132. The van der Waals surface area contributed by atoms with Crippen LogP contribution in [0.4, 0.5) is 10.5 Å². The Kier molecular flexibility index (Phi) is 7.64.